The second-order valence-electron chi connectivity index (χ2n) is 5.50. The van der Waals surface area contributed by atoms with Gasteiger partial charge in [-0.05, 0) is 48.7 Å². The fourth-order valence-electron chi connectivity index (χ4n) is 2.86. The van der Waals surface area contributed by atoms with E-state index in [1.165, 1.54) is 5.56 Å². The molecule has 0 saturated heterocycles. The lowest BCUT2D eigenvalue weighted by Gasteiger charge is -2.20. The Balaban J connectivity index is 1.78. The fourth-order valence-corrected chi connectivity index (χ4v) is 2.86. The van der Waals surface area contributed by atoms with Crippen LogP contribution in [-0.2, 0) is 11.2 Å². The third-order valence-electron chi connectivity index (χ3n) is 3.98. The molecule has 0 fully saturated rings. The highest BCUT2D eigenvalue weighted by molar-refractivity contribution is 6.05. The van der Waals surface area contributed by atoms with Gasteiger partial charge in [0.25, 0.3) is 5.91 Å². The second-order valence-corrected chi connectivity index (χ2v) is 5.50. The summed E-state index contributed by atoms with van der Waals surface area (Å²) in [4.78, 5) is 14.4. The Morgan fingerprint density at radius 1 is 1.18 bits per heavy atom. The summed E-state index contributed by atoms with van der Waals surface area (Å²) < 4.78 is 5.13. The molecule has 2 aromatic rings. The maximum absolute atomic E-state index is 12.5. The summed E-state index contributed by atoms with van der Waals surface area (Å²) in [5.74, 6) is 0.832. The molecular weight excluding hydrogens is 274 g/mol. The molecule has 2 aromatic carbocycles. The van der Waals surface area contributed by atoms with Gasteiger partial charge in [0.2, 0.25) is 0 Å². The monoisotopic (exact) mass is 293 g/mol. The van der Waals surface area contributed by atoms with Gasteiger partial charge in [-0.3, -0.25) is 4.79 Å². The van der Waals surface area contributed by atoms with E-state index in [0.717, 1.165) is 23.4 Å². The standard InChI is InChI=1S/C19H19NO2/c1-14-13-16-5-3-4-6-18(16)20(14)19(21)12-9-15-7-10-17(22-2)11-8-15/h3-12,14H,13H2,1-2H3/b12-9+/t14-/m0/s1. The Labute approximate surface area is 130 Å². The normalized spacial score (nSPS) is 16.8. The summed E-state index contributed by atoms with van der Waals surface area (Å²) in [6.45, 7) is 2.08. The quantitative estimate of drug-likeness (QED) is 0.808. The summed E-state index contributed by atoms with van der Waals surface area (Å²) in [5, 5.41) is 0. The minimum absolute atomic E-state index is 0.0215. The van der Waals surface area contributed by atoms with E-state index in [2.05, 4.69) is 13.0 Å². The van der Waals surface area contributed by atoms with E-state index < -0.39 is 0 Å². The molecule has 3 nitrogen and oxygen atoms in total. The van der Waals surface area contributed by atoms with E-state index in [9.17, 15) is 4.79 Å². The number of fused-ring (bicyclic) bond motifs is 1. The van der Waals surface area contributed by atoms with Gasteiger partial charge in [-0.1, -0.05) is 30.3 Å². The first-order chi connectivity index (χ1) is 10.7. The average Bonchev–Trinajstić information content (AvgIpc) is 2.89. The Bertz CT molecular complexity index is 704. The van der Waals surface area contributed by atoms with Crippen LogP contribution in [0, 0.1) is 0 Å². The molecule has 0 aromatic heterocycles. The van der Waals surface area contributed by atoms with Crippen LogP contribution in [0.3, 0.4) is 0 Å². The predicted octanol–water partition coefficient (Wildman–Crippen LogP) is 3.69. The SMILES string of the molecule is COc1ccc(/C=C/C(=O)N2c3ccccc3C[C@@H]2C)cc1. The first-order valence-corrected chi connectivity index (χ1v) is 7.42. The van der Waals surface area contributed by atoms with Crippen LogP contribution in [0.2, 0.25) is 0 Å². The molecule has 1 heterocycles. The molecule has 0 bridgehead atoms. The zero-order chi connectivity index (χ0) is 15.5. The molecule has 0 spiro atoms. The molecule has 0 aliphatic carbocycles. The number of benzene rings is 2. The second kappa shape index (κ2) is 6.06. The van der Waals surface area contributed by atoms with Gasteiger partial charge < -0.3 is 9.64 Å². The number of rotatable bonds is 3. The predicted molar refractivity (Wildman–Crippen MR) is 89.1 cm³/mol. The van der Waals surface area contributed by atoms with Crippen LogP contribution in [0.4, 0.5) is 5.69 Å². The van der Waals surface area contributed by atoms with Crippen molar-refractivity contribution in [1.82, 2.24) is 0 Å². The Hall–Kier alpha value is -2.55. The van der Waals surface area contributed by atoms with Gasteiger partial charge >= 0.3 is 0 Å². The van der Waals surface area contributed by atoms with E-state index >= 15 is 0 Å². The average molecular weight is 293 g/mol. The van der Waals surface area contributed by atoms with E-state index in [1.807, 2.05) is 53.4 Å². The van der Waals surface area contributed by atoms with Crippen molar-refractivity contribution in [2.45, 2.75) is 19.4 Å². The number of anilines is 1. The van der Waals surface area contributed by atoms with Crippen LogP contribution in [0.1, 0.15) is 18.1 Å². The topological polar surface area (TPSA) is 29.5 Å². The zero-order valence-corrected chi connectivity index (χ0v) is 12.8. The number of methoxy groups -OCH3 is 1. The molecule has 0 radical (unpaired) electrons. The molecule has 1 aliphatic rings. The summed E-state index contributed by atoms with van der Waals surface area (Å²) >= 11 is 0. The van der Waals surface area contributed by atoms with E-state index in [0.29, 0.717) is 0 Å². The van der Waals surface area contributed by atoms with Crippen molar-refractivity contribution in [3.05, 3.63) is 65.7 Å². The highest BCUT2D eigenvalue weighted by Gasteiger charge is 2.29. The lowest BCUT2D eigenvalue weighted by Crippen LogP contribution is -2.34. The van der Waals surface area contributed by atoms with E-state index in [-0.39, 0.29) is 11.9 Å². The number of para-hydroxylation sites is 1. The maximum Gasteiger partial charge on any atom is 0.251 e. The van der Waals surface area contributed by atoms with Gasteiger partial charge in [0, 0.05) is 17.8 Å². The van der Waals surface area contributed by atoms with Crippen LogP contribution in [-0.4, -0.2) is 19.1 Å². The molecule has 1 amide bonds. The van der Waals surface area contributed by atoms with Gasteiger partial charge in [-0.15, -0.1) is 0 Å². The van der Waals surface area contributed by atoms with Gasteiger partial charge in [0.15, 0.2) is 0 Å². The van der Waals surface area contributed by atoms with Gasteiger partial charge in [0.05, 0.1) is 7.11 Å². The number of carbonyl (C=O) groups is 1. The van der Waals surface area contributed by atoms with Crippen LogP contribution in [0.25, 0.3) is 6.08 Å². The summed E-state index contributed by atoms with van der Waals surface area (Å²) in [7, 11) is 1.64. The van der Waals surface area contributed by atoms with Crippen molar-refractivity contribution in [1.29, 1.82) is 0 Å². The van der Waals surface area contributed by atoms with Crippen LogP contribution < -0.4 is 9.64 Å². The number of ether oxygens (including phenoxy) is 1. The molecular formula is C19H19NO2. The third kappa shape index (κ3) is 2.75. The first-order valence-electron chi connectivity index (χ1n) is 7.42. The fraction of sp³-hybridized carbons (Fsp3) is 0.211. The summed E-state index contributed by atoms with van der Waals surface area (Å²) in [6, 6.07) is 15.9. The van der Waals surface area contributed by atoms with Crippen molar-refractivity contribution in [2.24, 2.45) is 0 Å². The molecule has 1 atom stereocenters. The molecule has 3 heteroatoms. The van der Waals surface area contributed by atoms with Crippen LogP contribution in [0.5, 0.6) is 5.75 Å². The number of hydrogen-bond donors (Lipinski definition) is 0. The van der Waals surface area contributed by atoms with Gasteiger partial charge in [0.1, 0.15) is 5.75 Å². The van der Waals surface area contributed by atoms with Crippen LogP contribution >= 0.6 is 0 Å². The van der Waals surface area contributed by atoms with E-state index in [1.54, 1.807) is 13.2 Å². The van der Waals surface area contributed by atoms with Gasteiger partial charge in [-0.25, -0.2) is 0 Å². The van der Waals surface area contributed by atoms with Crippen molar-refractivity contribution in [3.63, 3.8) is 0 Å². The minimum atomic E-state index is 0.0215. The Morgan fingerprint density at radius 2 is 1.91 bits per heavy atom. The molecule has 22 heavy (non-hydrogen) atoms. The number of hydrogen-bond acceptors (Lipinski definition) is 2. The number of amides is 1. The lowest BCUT2D eigenvalue weighted by molar-refractivity contribution is -0.114. The Kier molecular flexibility index (Phi) is 3.96. The molecule has 1 aliphatic heterocycles. The highest BCUT2D eigenvalue weighted by Crippen LogP contribution is 2.32. The zero-order valence-electron chi connectivity index (χ0n) is 12.8. The molecule has 3 rings (SSSR count). The molecule has 112 valence electrons. The number of nitrogens with zero attached hydrogens (tertiary/aromatic N) is 1. The largest absolute Gasteiger partial charge is 0.497 e. The minimum Gasteiger partial charge on any atom is -0.497 e. The van der Waals surface area contributed by atoms with Crippen molar-refractivity contribution >= 4 is 17.7 Å². The van der Waals surface area contributed by atoms with E-state index in [4.69, 9.17) is 4.74 Å². The Morgan fingerprint density at radius 3 is 2.64 bits per heavy atom. The van der Waals surface area contributed by atoms with Crippen molar-refractivity contribution < 1.29 is 9.53 Å². The van der Waals surface area contributed by atoms with Crippen molar-refractivity contribution in [3.8, 4) is 5.75 Å². The number of carbonyl (C=O) groups excluding carboxylic acids is 1. The molecule has 0 unspecified atom stereocenters. The summed E-state index contributed by atoms with van der Waals surface area (Å²) in [5.41, 5.74) is 3.25. The molecule has 0 saturated carbocycles. The molecule has 0 N–H and O–H groups in total. The third-order valence-corrected chi connectivity index (χ3v) is 3.98. The van der Waals surface area contributed by atoms with Crippen LogP contribution in [0.15, 0.2) is 54.6 Å². The highest BCUT2D eigenvalue weighted by atomic mass is 16.5. The lowest BCUT2D eigenvalue weighted by atomic mass is 10.1. The summed E-state index contributed by atoms with van der Waals surface area (Å²) in [6.07, 6.45) is 4.40. The van der Waals surface area contributed by atoms with Crippen molar-refractivity contribution in [2.75, 3.05) is 12.0 Å². The maximum atomic E-state index is 12.5. The smallest absolute Gasteiger partial charge is 0.251 e. The van der Waals surface area contributed by atoms with Gasteiger partial charge in [-0.2, -0.15) is 0 Å². The first kappa shape index (κ1) is 14.4.